The quantitative estimate of drug-likeness (QED) is 0.243. The molecule has 9 nitrogen and oxygen atoms in total. The minimum Gasteiger partial charge on any atom is -0.444 e. The molecule has 0 unspecified atom stereocenters. The highest BCUT2D eigenvalue weighted by atomic mass is 32.1. The topological polar surface area (TPSA) is 84.8 Å². The van der Waals surface area contributed by atoms with E-state index in [1.165, 1.54) is 27.9 Å². The molecule has 1 N–H and O–H groups in total. The number of ether oxygens (including phenoxy) is 2. The fourth-order valence-corrected chi connectivity index (χ4v) is 7.95. The van der Waals surface area contributed by atoms with E-state index >= 15 is 0 Å². The molecule has 2 aliphatic rings. The molecule has 5 rings (SSSR count). The van der Waals surface area contributed by atoms with Crippen LogP contribution in [0.15, 0.2) is 6.07 Å². The average molecular weight is 641 g/mol. The third kappa shape index (κ3) is 8.49. The SMILES string of the molecule is CCCCc1nc2c(NC(C)(C)C)nc3cc(C4CCN(CCOC)CC4)sc3c2n1CC1CCN(C(=O)OC(C)(C)C)CC1. The van der Waals surface area contributed by atoms with Crippen molar-refractivity contribution in [3.05, 3.63) is 16.8 Å². The molecule has 3 aromatic rings. The Bertz CT molecular complexity index is 1440. The van der Waals surface area contributed by atoms with Gasteiger partial charge in [-0.2, -0.15) is 0 Å². The molecule has 0 spiro atoms. The molecule has 10 heteroatoms. The number of aryl methyl sites for hydroxylation is 1. The van der Waals surface area contributed by atoms with E-state index in [1.807, 2.05) is 37.0 Å². The minimum atomic E-state index is -0.476. The number of fused-ring (bicyclic) bond motifs is 3. The average Bonchev–Trinajstić information content (AvgIpc) is 3.55. The van der Waals surface area contributed by atoms with Crippen LogP contribution in [0.5, 0.6) is 0 Å². The molecule has 0 saturated carbocycles. The number of anilines is 1. The van der Waals surface area contributed by atoms with Crippen LogP contribution in [0.1, 0.15) is 104 Å². The molecule has 3 aromatic heterocycles. The lowest BCUT2D eigenvalue weighted by Crippen LogP contribution is -2.42. The van der Waals surface area contributed by atoms with E-state index in [1.54, 1.807) is 7.11 Å². The summed E-state index contributed by atoms with van der Waals surface area (Å²) in [6.45, 7) is 21.0. The largest absolute Gasteiger partial charge is 0.444 e. The van der Waals surface area contributed by atoms with Gasteiger partial charge in [-0.1, -0.05) is 13.3 Å². The maximum absolute atomic E-state index is 12.7. The monoisotopic (exact) mass is 640 g/mol. The van der Waals surface area contributed by atoms with Crippen molar-refractivity contribution >= 4 is 44.5 Å². The highest BCUT2D eigenvalue weighted by Crippen LogP contribution is 2.41. The summed E-state index contributed by atoms with van der Waals surface area (Å²) in [4.78, 5) is 29.2. The van der Waals surface area contributed by atoms with E-state index in [0.29, 0.717) is 11.8 Å². The van der Waals surface area contributed by atoms with Crippen molar-refractivity contribution in [2.75, 3.05) is 51.8 Å². The Hall–Kier alpha value is -2.43. The first kappa shape index (κ1) is 33.9. The zero-order valence-electron chi connectivity index (χ0n) is 29.0. The fraction of sp³-hybridized carbons (Fsp3) is 0.743. The summed E-state index contributed by atoms with van der Waals surface area (Å²) in [7, 11) is 1.78. The molecule has 2 saturated heterocycles. The molecular weight excluding hydrogens is 584 g/mol. The smallest absolute Gasteiger partial charge is 0.410 e. The summed E-state index contributed by atoms with van der Waals surface area (Å²) in [5, 5.41) is 3.71. The summed E-state index contributed by atoms with van der Waals surface area (Å²) in [6.07, 6.45) is 7.26. The first-order valence-electron chi connectivity index (χ1n) is 17.1. The van der Waals surface area contributed by atoms with E-state index < -0.39 is 5.60 Å². The van der Waals surface area contributed by atoms with E-state index in [2.05, 4.69) is 48.5 Å². The number of aromatic nitrogens is 3. The minimum absolute atomic E-state index is 0.136. The van der Waals surface area contributed by atoms with Gasteiger partial charge in [0, 0.05) is 50.1 Å². The number of likely N-dealkylation sites (tertiary alicyclic amines) is 2. The number of nitrogens with zero attached hydrogens (tertiary/aromatic N) is 5. The Morgan fingerprint density at radius 3 is 2.38 bits per heavy atom. The molecule has 45 heavy (non-hydrogen) atoms. The van der Waals surface area contributed by atoms with Gasteiger partial charge in [-0.05, 0) is 105 Å². The van der Waals surface area contributed by atoms with Gasteiger partial charge in [0.2, 0.25) is 0 Å². The molecule has 0 bridgehead atoms. The van der Waals surface area contributed by atoms with Gasteiger partial charge in [-0.3, -0.25) is 0 Å². The summed E-state index contributed by atoms with van der Waals surface area (Å²) >= 11 is 1.94. The molecule has 1 amide bonds. The van der Waals surface area contributed by atoms with Crippen molar-refractivity contribution in [2.45, 2.75) is 117 Å². The third-order valence-electron chi connectivity index (χ3n) is 9.01. The second kappa shape index (κ2) is 14.1. The van der Waals surface area contributed by atoms with E-state index in [4.69, 9.17) is 19.4 Å². The van der Waals surface area contributed by atoms with Crippen LogP contribution in [0, 0.1) is 5.92 Å². The highest BCUT2D eigenvalue weighted by molar-refractivity contribution is 7.20. The van der Waals surface area contributed by atoms with Crippen molar-refractivity contribution in [1.82, 2.24) is 24.3 Å². The van der Waals surface area contributed by atoms with Crippen LogP contribution in [-0.4, -0.2) is 88.0 Å². The van der Waals surface area contributed by atoms with Crippen LogP contribution in [0.4, 0.5) is 10.6 Å². The maximum Gasteiger partial charge on any atom is 0.410 e. The normalized spacial score (nSPS) is 17.9. The maximum atomic E-state index is 12.7. The first-order chi connectivity index (χ1) is 21.3. The van der Waals surface area contributed by atoms with Gasteiger partial charge in [0.25, 0.3) is 0 Å². The lowest BCUT2D eigenvalue weighted by Gasteiger charge is -2.33. The Kier molecular flexibility index (Phi) is 10.7. The number of carbonyl (C=O) groups is 1. The number of piperidine rings is 2. The van der Waals surface area contributed by atoms with Gasteiger partial charge >= 0.3 is 6.09 Å². The van der Waals surface area contributed by atoms with Gasteiger partial charge in [0.1, 0.15) is 16.9 Å². The zero-order chi connectivity index (χ0) is 32.4. The summed E-state index contributed by atoms with van der Waals surface area (Å²) in [5.74, 6) is 3.08. The van der Waals surface area contributed by atoms with Crippen LogP contribution in [-0.2, 0) is 22.4 Å². The Morgan fingerprint density at radius 1 is 1.04 bits per heavy atom. The molecule has 0 radical (unpaired) electrons. The number of amides is 1. The van der Waals surface area contributed by atoms with E-state index in [9.17, 15) is 4.79 Å². The van der Waals surface area contributed by atoms with Gasteiger partial charge in [-0.15, -0.1) is 11.3 Å². The summed E-state index contributed by atoms with van der Waals surface area (Å²) < 4.78 is 14.8. The number of pyridine rings is 1. The van der Waals surface area contributed by atoms with Crippen molar-refractivity contribution < 1.29 is 14.3 Å². The number of hydrogen-bond donors (Lipinski definition) is 1. The summed E-state index contributed by atoms with van der Waals surface area (Å²) in [6, 6.07) is 2.37. The molecular formula is C35H56N6O3S. The number of thiophene rings is 1. The second-order valence-electron chi connectivity index (χ2n) is 15.2. The second-order valence-corrected chi connectivity index (χ2v) is 16.2. The third-order valence-corrected chi connectivity index (χ3v) is 10.3. The van der Waals surface area contributed by atoms with Crippen LogP contribution in [0.3, 0.4) is 0 Å². The van der Waals surface area contributed by atoms with Crippen molar-refractivity contribution in [2.24, 2.45) is 5.92 Å². The predicted octanol–water partition coefficient (Wildman–Crippen LogP) is 7.67. The molecule has 0 aliphatic carbocycles. The van der Waals surface area contributed by atoms with Crippen LogP contribution in [0.2, 0.25) is 0 Å². The lowest BCUT2D eigenvalue weighted by atomic mass is 9.95. The van der Waals surface area contributed by atoms with Gasteiger partial charge in [-0.25, -0.2) is 14.8 Å². The highest BCUT2D eigenvalue weighted by Gasteiger charge is 2.30. The first-order valence-corrected chi connectivity index (χ1v) is 18.0. The number of nitrogens with one attached hydrogen (secondary N) is 1. The number of rotatable bonds is 10. The molecule has 2 fully saturated rings. The lowest BCUT2D eigenvalue weighted by molar-refractivity contribution is 0.0178. The number of unbranched alkanes of at least 4 members (excludes halogenated alkanes) is 1. The Morgan fingerprint density at radius 2 is 1.76 bits per heavy atom. The number of methoxy groups -OCH3 is 1. The summed E-state index contributed by atoms with van der Waals surface area (Å²) in [5.41, 5.74) is 2.71. The Labute approximate surface area is 274 Å². The number of carbonyl (C=O) groups excluding carboxylic acids is 1. The molecule has 0 aromatic carbocycles. The predicted molar refractivity (Wildman–Crippen MR) is 186 cm³/mol. The van der Waals surface area contributed by atoms with Crippen molar-refractivity contribution in [1.29, 1.82) is 0 Å². The van der Waals surface area contributed by atoms with Crippen LogP contribution >= 0.6 is 11.3 Å². The van der Waals surface area contributed by atoms with Gasteiger partial charge in [0.15, 0.2) is 5.82 Å². The van der Waals surface area contributed by atoms with Crippen molar-refractivity contribution in [3.8, 4) is 0 Å². The van der Waals surface area contributed by atoms with E-state index in [-0.39, 0.29) is 11.6 Å². The number of hydrogen-bond acceptors (Lipinski definition) is 8. The van der Waals surface area contributed by atoms with E-state index in [0.717, 1.165) is 101 Å². The standard InChI is InChI=1S/C35H56N6O3S/c1-9-10-11-28-37-29-30(41(28)23-24-12-18-40(19-13-24)33(42)44-35(5,6)7)31-26(36-32(29)38-34(2,3)4)22-27(45-31)25-14-16-39(17-15-25)20-21-43-8/h22,24-25H,9-21,23H2,1-8H3,(H,36,38). The van der Waals surface area contributed by atoms with Gasteiger partial charge in [0.05, 0.1) is 22.3 Å². The molecule has 5 heterocycles. The molecule has 2 aliphatic heterocycles. The van der Waals surface area contributed by atoms with Crippen LogP contribution < -0.4 is 5.32 Å². The fourth-order valence-electron chi connectivity index (χ4n) is 6.63. The van der Waals surface area contributed by atoms with Crippen LogP contribution in [0.25, 0.3) is 21.3 Å². The molecule has 250 valence electrons. The number of imidazole rings is 1. The Balaban J connectivity index is 1.48. The molecule has 0 atom stereocenters. The van der Waals surface area contributed by atoms with Crippen molar-refractivity contribution in [3.63, 3.8) is 0 Å². The van der Waals surface area contributed by atoms with Gasteiger partial charge < -0.3 is 29.2 Å². The zero-order valence-corrected chi connectivity index (χ0v) is 29.8.